The lowest BCUT2D eigenvalue weighted by Gasteiger charge is -2.24. The van der Waals surface area contributed by atoms with E-state index >= 15 is 0 Å². The van der Waals surface area contributed by atoms with Crippen LogP contribution >= 0.6 is 23.5 Å². The molecule has 1 aliphatic heterocycles. The molecule has 6 unspecified atom stereocenters. The molecular weight excluding hydrogens is 611 g/mol. The van der Waals surface area contributed by atoms with Gasteiger partial charge >= 0.3 is 23.5 Å². The summed E-state index contributed by atoms with van der Waals surface area (Å²) >= 11 is 0. The van der Waals surface area contributed by atoms with E-state index in [0.717, 1.165) is 25.8 Å². The molecule has 0 saturated carbocycles. The maximum absolute atomic E-state index is 12.1. The molecule has 1 aliphatic rings. The van der Waals surface area contributed by atoms with E-state index in [0.29, 0.717) is 0 Å². The van der Waals surface area contributed by atoms with E-state index in [1.807, 2.05) is 18.0 Å². The highest BCUT2D eigenvalue weighted by Crippen LogP contribution is 2.66. The Morgan fingerprint density at radius 2 is 1.93 bits per heavy atom. The minimum atomic E-state index is -5.74. The van der Waals surface area contributed by atoms with Gasteiger partial charge in [0.2, 0.25) is 5.82 Å². The number of nitriles is 1. The van der Waals surface area contributed by atoms with Gasteiger partial charge in [0.05, 0.1) is 30.9 Å². The molecule has 1 saturated heterocycles. The van der Waals surface area contributed by atoms with Crippen molar-refractivity contribution in [3.05, 3.63) is 18.2 Å². The predicted octanol–water partition coefficient (Wildman–Crippen LogP) is 1.58. The number of fused-ring (bicyclic) bond motifs is 1. The summed E-state index contributed by atoms with van der Waals surface area (Å²) in [4.78, 5) is 51.0. The molecule has 22 heteroatoms. The molecule has 0 bridgehead atoms. The van der Waals surface area contributed by atoms with Crippen molar-refractivity contribution in [2.24, 2.45) is 10.4 Å². The summed E-state index contributed by atoms with van der Waals surface area (Å²) < 4.78 is 53.5. The highest BCUT2D eigenvalue weighted by Gasteiger charge is 2.56. The second-order valence-corrected chi connectivity index (χ2v) is 13.6. The Hall–Kier alpha value is -2.16. The summed E-state index contributed by atoms with van der Waals surface area (Å²) in [7, 11) is -14.9. The molecule has 1 fully saturated rings. The number of hydrogen-bond acceptors (Lipinski definition) is 13. The number of ether oxygens (including phenoxy) is 1. The SMILES string of the molecule is CCCCCN(C)C=Nc1ncnn2c(C3OC(COP(=O)(O)OP(=O)(O)OP(=O)(O)O)C(O)C3(C)C#N)cnc12. The highest BCUT2D eigenvalue weighted by atomic mass is 31.3. The van der Waals surface area contributed by atoms with Crippen molar-refractivity contribution in [3.63, 3.8) is 0 Å². The third-order valence-electron chi connectivity index (χ3n) is 5.95. The van der Waals surface area contributed by atoms with Crippen LogP contribution in [0.15, 0.2) is 17.5 Å². The van der Waals surface area contributed by atoms with Crippen molar-refractivity contribution >= 4 is 41.3 Å². The van der Waals surface area contributed by atoms with Crippen LogP contribution in [0.1, 0.15) is 44.9 Å². The minimum absolute atomic E-state index is 0.207. The second-order valence-electron chi connectivity index (χ2n) is 9.22. The van der Waals surface area contributed by atoms with Crippen LogP contribution in [0.25, 0.3) is 5.65 Å². The summed E-state index contributed by atoms with van der Waals surface area (Å²) in [6, 6.07) is 1.96. The molecule has 3 heterocycles. The molecule has 2 aromatic heterocycles. The lowest BCUT2D eigenvalue weighted by Crippen LogP contribution is -2.36. The van der Waals surface area contributed by atoms with Gasteiger partial charge in [-0.25, -0.2) is 33.2 Å². The van der Waals surface area contributed by atoms with E-state index in [2.05, 4.69) is 40.1 Å². The first kappa shape index (κ1) is 33.3. The fourth-order valence-corrected chi connectivity index (χ4v) is 6.98. The summed E-state index contributed by atoms with van der Waals surface area (Å²) in [5.41, 5.74) is -1.25. The van der Waals surface area contributed by atoms with E-state index in [1.54, 1.807) is 6.34 Å². The van der Waals surface area contributed by atoms with Crippen molar-refractivity contribution in [1.29, 1.82) is 5.26 Å². The van der Waals surface area contributed by atoms with Crippen molar-refractivity contribution in [2.75, 3.05) is 20.2 Å². The van der Waals surface area contributed by atoms with Crippen molar-refractivity contribution in [1.82, 2.24) is 24.5 Å². The van der Waals surface area contributed by atoms with Gasteiger partial charge in [-0.1, -0.05) is 19.8 Å². The van der Waals surface area contributed by atoms with Crippen LogP contribution in [0, 0.1) is 16.7 Å². The fraction of sp³-hybridized carbons (Fsp3) is 0.632. The normalized spacial score (nSPS) is 26.2. The number of hydrogen-bond donors (Lipinski definition) is 5. The Morgan fingerprint density at radius 1 is 1.22 bits per heavy atom. The van der Waals surface area contributed by atoms with Gasteiger partial charge in [0.15, 0.2) is 5.65 Å². The van der Waals surface area contributed by atoms with Crippen LogP contribution in [0.2, 0.25) is 0 Å². The molecular formula is C19H30N7O12P3. The largest absolute Gasteiger partial charge is 0.490 e. The number of aliphatic hydroxyl groups is 1. The highest BCUT2D eigenvalue weighted by molar-refractivity contribution is 7.66. The summed E-state index contributed by atoms with van der Waals surface area (Å²) in [5.74, 6) is 0.218. The standard InChI is InChI=1S/C19H30N7O12P3/c1-4-5-6-7-25(3)12-23-17-18-21-8-13(26(18)24-11-22-17)16-19(2,10-20)15(27)14(36-16)9-35-40(31,32)38-41(33,34)37-39(28,29)30/h8,11-12,14-16,27H,4-7,9H2,1-3H3,(H,31,32)(H,33,34)(H2,28,29,30). The van der Waals surface area contributed by atoms with Crippen LogP contribution in [0.4, 0.5) is 5.82 Å². The average molecular weight is 641 g/mol. The molecule has 5 N–H and O–H groups in total. The van der Waals surface area contributed by atoms with Gasteiger partial charge in [0, 0.05) is 13.6 Å². The molecule has 2 aromatic rings. The van der Waals surface area contributed by atoms with Crippen LogP contribution in [0.3, 0.4) is 0 Å². The Balaban J connectivity index is 1.79. The lowest BCUT2D eigenvalue weighted by atomic mass is 9.80. The third-order valence-corrected chi connectivity index (χ3v) is 9.76. The van der Waals surface area contributed by atoms with Crippen LogP contribution in [-0.2, 0) is 31.6 Å². The van der Waals surface area contributed by atoms with Crippen molar-refractivity contribution in [3.8, 4) is 6.07 Å². The lowest BCUT2D eigenvalue weighted by molar-refractivity contribution is -0.0236. The van der Waals surface area contributed by atoms with Gasteiger partial charge in [0.1, 0.15) is 30.1 Å². The first-order chi connectivity index (χ1) is 19.0. The number of unbranched alkanes of at least 4 members (excludes halogenated alkanes) is 2. The van der Waals surface area contributed by atoms with E-state index in [9.17, 15) is 33.9 Å². The van der Waals surface area contributed by atoms with E-state index in [4.69, 9.17) is 14.5 Å². The molecule has 3 rings (SSSR count). The van der Waals surface area contributed by atoms with Gasteiger partial charge in [-0.05, 0) is 13.3 Å². The van der Waals surface area contributed by atoms with Crippen molar-refractivity contribution in [2.45, 2.75) is 51.4 Å². The average Bonchev–Trinajstić information content (AvgIpc) is 3.39. The quantitative estimate of drug-likeness (QED) is 0.0847. The van der Waals surface area contributed by atoms with Gasteiger partial charge in [0.25, 0.3) is 0 Å². The fourth-order valence-electron chi connectivity index (χ4n) is 3.95. The zero-order valence-electron chi connectivity index (χ0n) is 22.1. The van der Waals surface area contributed by atoms with Gasteiger partial charge in [-0.15, -0.1) is 0 Å². The Kier molecular flexibility index (Phi) is 10.6. The zero-order chi connectivity index (χ0) is 30.6. The molecule has 0 radical (unpaired) electrons. The molecule has 0 amide bonds. The molecule has 19 nitrogen and oxygen atoms in total. The maximum atomic E-state index is 12.1. The minimum Gasteiger partial charge on any atom is -0.389 e. The van der Waals surface area contributed by atoms with E-state index in [-0.39, 0.29) is 17.2 Å². The summed E-state index contributed by atoms with van der Waals surface area (Å²) in [5, 5.41) is 24.9. The number of aromatic nitrogens is 4. The van der Waals surface area contributed by atoms with Crippen LogP contribution < -0.4 is 0 Å². The monoisotopic (exact) mass is 641 g/mol. The topological polar surface area (TPSA) is 272 Å². The molecule has 41 heavy (non-hydrogen) atoms. The number of nitrogens with zero attached hydrogens (tertiary/aromatic N) is 7. The first-order valence-corrected chi connectivity index (χ1v) is 16.5. The number of aliphatic hydroxyl groups excluding tert-OH is 1. The second kappa shape index (κ2) is 13.0. The van der Waals surface area contributed by atoms with E-state index < -0.39 is 53.8 Å². The molecule has 0 aromatic carbocycles. The van der Waals surface area contributed by atoms with E-state index in [1.165, 1.54) is 24.0 Å². The van der Waals surface area contributed by atoms with Gasteiger partial charge in [-0.3, -0.25) is 4.52 Å². The van der Waals surface area contributed by atoms with Gasteiger partial charge in [-0.2, -0.15) is 19.0 Å². The first-order valence-electron chi connectivity index (χ1n) is 12.0. The number of aliphatic imine (C=N–C) groups is 1. The maximum Gasteiger partial charge on any atom is 0.490 e. The number of rotatable bonds is 14. The summed E-state index contributed by atoms with van der Waals surface area (Å²) in [6.07, 6.45) is 2.98. The molecule has 228 valence electrons. The zero-order valence-corrected chi connectivity index (χ0v) is 24.7. The van der Waals surface area contributed by atoms with Crippen LogP contribution in [0.5, 0.6) is 0 Å². The van der Waals surface area contributed by atoms with Gasteiger partial charge < -0.3 is 34.3 Å². The molecule has 6 atom stereocenters. The molecule has 0 aliphatic carbocycles. The molecule has 0 spiro atoms. The van der Waals surface area contributed by atoms with Crippen molar-refractivity contribution < 1.29 is 56.3 Å². The number of phosphoric ester groups is 1. The van der Waals surface area contributed by atoms with Crippen LogP contribution in [-0.4, -0.2) is 87.9 Å². The summed E-state index contributed by atoms with van der Waals surface area (Å²) in [6.45, 7) is 3.29. The number of phosphoric acid groups is 3. The third kappa shape index (κ3) is 8.45. The Labute approximate surface area is 233 Å². The Bertz CT molecular complexity index is 1440. The predicted molar refractivity (Wildman–Crippen MR) is 138 cm³/mol. The number of imidazole rings is 1. The Morgan fingerprint density at radius 3 is 2.56 bits per heavy atom. The smallest absolute Gasteiger partial charge is 0.389 e.